The zero-order valence-electron chi connectivity index (χ0n) is 13.1. The van der Waals surface area contributed by atoms with E-state index >= 15 is 0 Å². The summed E-state index contributed by atoms with van der Waals surface area (Å²) in [5.41, 5.74) is 0. The summed E-state index contributed by atoms with van der Waals surface area (Å²) in [5, 5.41) is 0. The first-order chi connectivity index (χ1) is 8.00. The van der Waals surface area contributed by atoms with Crippen LogP contribution in [0.3, 0.4) is 0 Å². The summed E-state index contributed by atoms with van der Waals surface area (Å²) in [6, 6.07) is 0. The Morgan fingerprint density at radius 2 is 0.722 bits per heavy atom. The molecule has 104 valence electrons. The molecule has 2 rings (SSSR count). The van der Waals surface area contributed by atoms with Gasteiger partial charge in [-0.25, -0.2) is 0 Å². The Kier molecular flexibility index (Phi) is 23.3. The minimum absolute atomic E-state index is 0. The molecule has 18 heavy (non-hydrogen) atoms. The average molecular weight is 302 g/mol. The van der Waals surface area contributed by atoms with Gasteiger partial charge in [-0.3, -0.25) is 6.58 Å². The van der Waals surface area contributed by atoms with E-state index in [1.165, 1.54) is 64.2 Å². The van der Waals surface area contributed by atoms with Crippen molar-refractivity contribution in [2.24, 2.45) is 0 Å². The quantitative estimate of drug-likeness (QED) is 0.369. The molecule has 2 saturated carbocycles. The standard InChI is InChI=1S/2C5H10.C4H11Si.C2H3.Ti/c2*1-2-4-5-3-1;1-5(2,3)4;1-2;/h2*1-5H2;1H2,2-4H3;1H,2H2;/q;;2*-1;+4. The van der Waals surface area contributed by atoms with Crippen molar-refractivity contribution in [1.82, 2.24) is 0 Å². The van der Waals surface area contributed by atoms with Crippen LogP contribution in [0, 0.1) is 13.1 Å². The van der Waals surface area contributed by atoms with Crippen LogP contribution in [-0.4, -0.2) is 8.07 Å². The molecular weight excluding hydrogens is 268 g/mol. The molecule has 0 amide bonds. The molecule has 0 unspecified atom stereocenters. The molecule has 2 fully saturated rings. The molecule has 0 aromatic carbocycles. The van der Waals surface area contributed by atoms with Crippen LogP contribution in [0.4, 0.5) is 0 Å². The van der Waals surface area contributed by atoms with E-state index in [0.717, 1.165) is 0 Å². The van der Waals surface area contributed by atoms with Crippen molar-refractivity contribution in [3.05, 3.63) is 19.7 Å². The fraction of sp³-hybridized carbons (Fsp3) is 0.812. The third-order valence-electron chi connectivity index (χ3n) is 2.50. The van der Waals surface area contributed by atoms with E-state index in [4.69, 9.17) is 0 Å². The van der Waals surface area contributed by atoms with Gasteiger partial charge in [-0.05, 0) is 0 Å². The van der Waals surface area contributed by atoms with Crippen molar-refractivity contribution in [1.29, 1.82) is 0 Å². The maximum absolute atomic E-state index is 4.25. The van der Waals surface area contributed by atoms with Gasteiger partial charge in [0, 0.05) is 0 Å². The largest absolute Gasteiger partial charge is 4.00 e. The van der Waals surface area contributed by atoms with Crippen LogP contribution in [0.15, 0.2) is 6.58 Å². The molecule has 0 aromatic rings. The van der Waals surface area contributed by atoms with E-state index in [9.17, 15) is 0 Å². The normalized spacial score (nSPS) is 16.9. The van der Waals surface area contributed by atoms with E-state index in [1.54, 1.807) is 0 Å². The molecule has 0 atom stereocenters. The topological polar surface area (TPSA) is 0 Å². The van der Waals surface area contributed by atoms with Crippen molar-refractivity contribution in [2.75, 3.05) is 0 Å². The monoisotopic (exact) mass is 302 g/mol. The van der Waals surface area contributed by atoms with E-state index in [1.807, 2.05) is 0 Å². The summed E-state index contributed by atoms with van der Waals surface area (Å²) in [6.45, 7) is 17.6. The van der Waals surface area contributed by atoms with Crippen LogP contribution in [-0.2, 0) is 21.7 Å². The average Bonchev–Trinajstić information content (AvgIpc) is 2.97. The summed E-state index contributed by atoms with van der Waals surface area (Å²) in [4.78, 5) is 0. The maximum Gasteiger partial charge on any atom is 4.00 e. The molecule has 0 spiro atoms. The second-order valence-electron chi connectivity index (χ2n) is 6.10. The van der Waals surface area contributed by atoms with E-state index in [-0.39, 0.29) is 21.7 Å². The van der Waals surface area contributed by atoms with Gasteiger partial charge in [0.15, 0.2) is 0 Å². The van der Waals surface area contributed by atoms with E-state index < -0.39 is 8.07 Å². The Bertz CT molecular complexity index is 101. The summed E-state index contributed by atoms with van der Waals surface area (Å²) < 4.78 is 0. The number of rotatable bonds is 0. The molecule has 0 aliphatic heterocycles. The predicted octanol–water partition coefficient (Wildman–Crippen LogP) is 6.20. The molecular formula is C16H34SiTi+2. The number of hydrogen-bond acceptors (Lipinski definition) is 0. The zero-order chi connectivity index (χ0) is 13.6. The van der Waals surface area contributed by atoms with Gasteiger partial charge in [0.1, 0.15) is 0 Å². The summed E-state index contributed by atoms with van der Waals surface area (Å²) in [7, 11) is -0.861. The van der Waals surface area contributed by atoms with Crippen molar-refractivity contribution in [3.8, 4) is 0 Å². The summed E-state index contributed by atoms with van der Waals surface area (Å²) in [5.74, 6) is 0. The molecule has 0 heterocycles. The van der Waals surface area contributed by atoms with Gasteiger partial charge in [-0.15, -0.1) is 8.07 Å². The minimum atomic E-state index is -0.861. The maximum atomic E-state index is 4.25. The summed E-state index contributed by atoms with van der Waals surface area (Å²) in [6.07, 6.45) is 15.0. The van der Waals surface area contributed by atoms with Gasteiger partial charge in [0.25, 0.3) is 0 Å². The Labute approximate surface area is 133 Å². The van der Waals surface area contributed by atoms with Gasteiger partial charge in [0.05, 0.1) is 0 Å². The first kappa shape index (κ1) is 23.7. The van der Waals surface area contributed by atoms with Crippen LogP contribution in [0.25, 0.3) is 0 Å². The van der Waals surface area contributed by atoms with Crippen LogP contribution in [0.1, 0.15) is 64.2 Å². The minimum Gasteiger partial charge on any atom is -0.521 e. The molecule has 2 aliphatic carbocycles. The Hall–Kier alpha value is 0.671. The molecule has 2 aliphatic rings. The molecule has 0 aromatic heterocycles. The van der Waals surface area contributed by atoms with Gasteiger partial charge < -0.3 is 13.1 Å². The van der Waals surface area contributed by atoms with Gasteiger partial charge in [-0.2, -0.15) is 0 Å². The van der Waals surface area contributed by atoms with Crippen molar-refractivity contribution in [2.45, 2.75) is 83.8 Å². The van der Waals surface area contributed by atoms with Crippen molar-refractivity contribution >= 4 is 8.07 Å². The number of hydrogen-bond donors (Lipinski definition) is 0. The molecule has 0 bridgehead atoms. The summed E-state index contributed by atoms with van der Waals surface area (Å²) >= 11 is 0. The van der Waals surface area contributed by atoms with Crippen LogP contribution >= 0.6 is 0 Å². The second kappa shape index (κ2) is 17.7. The fourth-order valence-electron chi connectivity index (χ4n) is 1.77. The first-order valence-electron chi connectivity index (χ1n) is 7.26. The Balaban J connectivity index is -0.000000171. The molecule has 0 radical (unpaired) electrons. The van der Waals surface area contributed by atoms with Crippen molar-refractivity contribution in [3.63, 3.8) is 0 Å². The third kappa shape index (κ3) is 36.0. The second-order valence-corrected chi connectivity index (χ2v) is 11.2. The van der Waals surface area contributed by atoms with Crippen molar-refractivity contribution < 1.29 is 21.7 Å². The third-order valence-corrected chi connectivity index (χ3v) is 2.50. The zero-order valence-corrected chi connectivity index (χ0v) is 15.6. The van der Waals surface area contributed by atoms with Crippen LogP contribution < -0.4 is 0 Å². The predicted molar refractivity (Wildman–Crippen MR) is 84.8 cm³/mol. The Morgan fingerprint density at radius 3 is 0.778 bits per heavy atom. The SMILES string of the molecule is C1CCCC1.C1CCCC1.[CH-]=C.[CH2-][Si](C)(C)C.[Ti+4]. The smallest absolute Gasteiger partial charge is 0.521 e. The first-order valence-corrected chi connectivity index (χ1v) is 11.0. The van der Waals surface area contributed by atoms with Crippen LogP contribution in [0.2, 0.25) is 19.6 Å². The fourth-order valence-corrected chi connectivity index (χ4v) is 1.77. The molecule has 0 saturated heterocycles. The van der Waals surface area contributed by atoms with E-state index in [2.05, 4.69) is 39.3 Å². The Morgan fingerprint density at radius 1 is 0.667 bits per heavy atom. The van der Waals surface area contributed by atoms with Gasteiger partial charge >= 0.3 is 21.7 Å². The van der Waals surface area contributed by atoms with Gasteiger partial charge in [0.2, 0.25) is 0 Å². The molecule has 2 heteroatoms. The van der Waals surface area contributed by atoms with E-state index in [0.29, 0.717) is 0 Å². The van der Waals surface area contributed by atoms with Crippen LogP contribution in [0.5, 0.6) is 0 Å². The molecule has 0 nitrogen and oxygen atoms in total. The van der Waals surface area contributed by atoms with Gasteiger partial charge in [-0.1, -0.05) is 83.8 Å². The molecule has 0 N–H and O–H groups in total.